The zero-order chi connectivity index (χ0) is 22.4. The molecule has 0 bridgehead atoms. The lowest BCUT2D eigenvalue weighted by atomic mass is 9.95. The number of allylic oxidation sites excluding steroid dienone is 1. The van der Waals surface area contributed by atoms with E-state index >= 15 is 0 Å². The van der Waals surface area contributed by atoms with Crippen LogP contribution >= 0.6 is 12.2 Å². The molecule has 162 valence electrons. The highest BCUT2D eigenvalue weighted by Gasteiger charge is 2.30. The van der Waals surface area contributed by atoms with E-state index in [2.05, 4.69) is 10.6 Å². The van der Waals surface area contributed by atoms with Gasteiger partial charge in [0.1, 0.15) is 12.4 Å². The van der Waals surface area contributed by atoms with Crippen molar-refractivity contribution in [2.45, 2.75) is 26.5 Å². The van der Waals surface area contributed by atoms with Crippen molar-refractivity contribution in [3.05, 3.63) is 76.5 Å². The number of methoxy groups -OCH3 is 1. The largest absolute Gasteiger partial charge is 0.489 e. The van der Waals surface area contributed by atoms with Gasteiger partial charge < -0.3 is 24.8 Å². The summed E-state index contributed by atoms with van der Waals surface area (Å²) in [6, 6.07) is 14.1. The van der Waals surface area contributed by atoms with Crippen molar-refractivity contribution in [1.82, 2.24) is 10.6 Å². The summed E-state index contributed by atoms with van der Waals surface area (Å²) in [4.78, 5) is 24.0. The second-order valence-corrected chi connectivity index (χ2v) is 7.25. The van der Waals surface area contributed by atoms with E-state index in [1.165, 1.54) is 7.11 Å². The Hall–Kier alpha value is -3.39. The van der Waals surface area contributed by atoms with Gasteiger partial charge in [-0.05, 0) is 61.5 Å². The Balaban J connectivity index is 1.70. The summed E-state index contributed by atoms with van der Waals surface area (Å²) < 4.78 is 15.7. The molecule has 0 saturated carbocycles. The van der Waals surface area contributed by atoms with Gasteiger partial charge in [0.05, 0.1) is 30.9 Å². The van der Waals surface area contributed by atoms with E-state index in [9.17, 15) is 9.59 Å². The predicted octanol–water partition coefficient (Wildman–Crippen LogP) is 3.41. The second-order valence-electron chi connectivity index (χ2n) is 6.84. The lowest BCUT2D eigenvalue weighted by molar-refractivity contribution is -0.139. The summed E-state index contributed by atoms with van der Waals surface area (Å²) in [5.41, 5.74) is 3.44. The van der Waals surface area contributed by atoms with Gasteiger partial charge in [-0.1, -0.05) is 24.3 Å². The molecule has 0 radical (unpaired) electrons. The summed E-state index contributed by atoms with van der Waals surface area (Å²) in [7, 11) is 1.35. The molecule has 0 unspecified atom stereocenters. The summed E-state index contributed by atoms with van der Waals surface area (Å²) in [5, 5.41) is 6.56. The van der Waals surface area contributed by atoms with Crippen LogP contribution in [0.25, 0.3) is 0 Å². The third-order valence-corrected chi connectivity index (χ3v) is 4.98. The lowest BCUT2D eigenvalue weighted by Crippen LogP contribution is -2.45. The van der Waals surface area contributed by atoms with Gasteiger partial charge >= 0.3 is 11.9 Å². The molecule has 1 atom stereocenters. The molecule has 0 fully saturated rings. The third-order valence-electron chi connectivity index (χ3n) is 4.76. The van der Waals surface area contributed by atoms with Crippen molar-refractivity contribution in [3.8, 4) is 5.75 Å². The molecule has 8 heteroatoms. The topological polar surface area (TPSA) is 85.9 Å². The molecule has 2 aromatic carbocycles. The SMILES string of the molecule is CCOC(=O)C1=C(C)NC(=S)N[C@H]1c1ccc(OCc2ccc(C(=O)OC)cc2)cc1. The molecule has 31 heavy (non-hydrogen) atoms. The Morgan fingerprint density at radius 3 is 2.32 bits per heavy atom. The van der Waals surface area contributed by atoms with Crippen molar-refractivity contribution < 1.29 is 23.8 Å². The second kappa shape index (κ2) is 10.1. The molecule has 2 N–H and O–H groups in total. The number of rotatable bonds is 7. The van der Waals surface area contributed by atoms with Gasteiger partial charge in [0, 0.05) is 5.70 Å². The molecule has 0 saturated heterocycles. The van der Waals surface area contributed by atoms with Gasteiger partial charge in [-0.2, -0.15) is 0 Å². The lowest BCUT2D eigenvalue weighted by Gasteiger charge is -2.29. The minimum atomic E-state index is -0.410. The first-order valence-corrected chi connectivity index (χ1v) is 10.2. The van der Waals surface area contributed by atoms with Gasteiger partial charge in [-0.15, -0.1) is 0 Å². The Labute approximate surface area is 186 Å². The van der Waals surface area contributed by atoms with E-state index < -0.39 is 6.04 Å². The zero-order valence-electron chi connectivity index (χ0n) is 17.6. The zero-order valence-corrected chi connectivity index (χ0v) is 18.4. The third kappa shape index (κ3) is 5.40. The van der Waals surface area contributed by atoms with Crippen LogP contribution < -0.4 is 15.4 Å². The number of carbonyl (C=O) groups excluding carboxylic acids is 2. The molecular weight excluding hydrogens is 416 g/mol. The first-order chi connectivity index (χ1) is 14.9. The van der Waals surface area contributed by atoms with Crippen LogP contribution in [0.4, 0.5) is 0 Å². The maximum absolute atomic E-state index is 12.5. The van der Waals surface area contributed by atoms with Crippen LogP contribution in [0.15, 0.2) is 59.8 Å². The number of hydrogen-bond donors (Lipinski definition) is 2. The van der Waals surface area contributed by atoms with Crippen LogP contribution in [0.5, 0.6) is 5.75 Å². The van der Waals surface area contributed by atoms with E-state index in [0.717, 1.165) is 11.1 Å². The number of ether oxygens (including phenoxy) is 3. The minimum Gasteiger partial charge on any atom is -0.489 e. The predicted molar refractivity (Wildman–Crippen MR) is 119 cm³/mol. The average molecular weight is 441 g/mol. The Morgan fingerprint density at radius 1 is 1.03 bits per heavy atom. The summed E-state index contributed by atoms with van der Waals surface area (Å²) in [6.07, 6.45) is 0. The molecule has 3 rings (SSSR count). The maximum atomic E-state index is 12.5. The van der Waals surface area contributed by atoms with E-state index in [4.69, 9.17) is 26.4 Å². The van der Waals surface area contributed by atoms with Gasteiger partial charge in [0.2, 0.25) is 0 Å². The average Bonchev–Trinajstić information content (AvgIpc) is 2.77. The van der Waals surface area contributed by atoms with E-state index in [0.29, 0.717) is 40.9 Å². The molecule has 0 spiro atoms. The molecular formula is C23H24N2O5S. The number of nitrogens with one attached hydrogen (secondary N) is 2. The maximum Gasteiger partial charge on any atom is 0.338 e. The molecule has 0 aliphatic carbocycles. The van der Waals surface area contributed by atoms with Gasteiger partial charge in [-0.25, -0.2) is 9.59 Å². The smallest absolute Gasteiger partial charge is 0.338 e. The summed E-state index contributed by atoms with van der Waals surface area (Å²) in [6.45, 7) is 4.21. The molecule has 0 amide bonds. The first-order valence-electron chi connectivity index (χ1n) is 9.78. The van der Waals surface area contributed by atoms with Crippen molar-refractivity contribution in [3.63, 3.8) is 0 Å². The van der Waals surface area contributed by atoms with Crippen LogP contribution in [-0.2, 0) is 20.9 Å². The molecule has 0 aromatic heterocycles. The van der Waals surface area contributed by atoms with Gasteiger partial charge in [0.25, 0.3) is 0 Å². The van der Waals surface area contributed by atoms with Gasteiger partial charge in [0.15, 0.2) is 5.11 Å². The number of hydrogen-bond acceptors (Lipinski definition) is 6. The number of benzene rings is 2. The monoisotopic (exact) mass is 440 g/mol. The normalized spacial score (nSPS) is 15.6. The minimum absolute atomic E-state index is 0.292. The first kappa shape index (κ1) is 22.3. The van der Waals surface area contributed by atoms with E-state index in [1.54, 1.807) is 26.0 Å². The molecule has 7 nitrogen and oxygen atoms in total. The Bertz CT molecular complexity index is 1000. The molecule has 2 aromatic rings. The Kier molecular flexibility index (Phi) is 7.25. The molecule has 1 aliphatic rings. The summed E-state index contributed by atoms with van der Waals surface area (Å²) >= 11 is 5.26. The van der Waals surface area contributed by atoms with Crippen molar-refractivity contribution in [2.75, 3.05) is 13.7 Å². The van der Waals surface area contributed by atoms with E-state index in [-0.39, 0.29) is 11.9 Å². The highest BCUT2D eigenvalue weighted by molar-refractivity contribution is 7.80. The van der Waals surface area contributed by atoms with Crippen LogP contribution in [0.2, 0.25) is 0 Å². The number of carbonyl (C=O) groups is 2. The van der Waals surface area contributed by atoms with Crippen LogP contribution in [0, 0.1) is 0 Å². The van der Waals surface area contributed by atoms with Crippen LogP contribution in [-0.4, -0.2) is 30.8 Å². The van der Waals surface area contributed by atoms with Crippen LogP contribution in [0.1, 0.15) is 41.4 Å². The van der Waals surface area contributed by atoms with Crippen molar-refractivity contribution >= 4 is 29.3 Å². The highest BCUT2D eigenvalue weighted by atomic mass is 32.1. The number of thiocarbonyl (C=S) groups is 1. The fourth-order valence-corrected chi connectivity index (χ4v) is 3.47. The molecule has 1 heterocycles. The van der Waals surface area contributed by atoms with E-state index in [1.807, 2.05) is 36.4 Å². The highest BCUT2D eigenvalue weighted by Crippen LogP contribution is 2.29. The van der Waals surface area contributed by atoms with Crippen LogP contribution in [0.3, 0.4) is 0 Å². The van der Waals surface area contributed by atoms with Gasteiger partial charge in [-0.3, -0.25) is 0 Å². The quantitative estimate of drug-likeness (QED) is 0.501. The fraction of sp³-hybridized carbons (Fsp3) is 0.261. The summed E-state index contributed by atoms with van der Waals surface area (Å²) in [5.74, 6) is -0.0838. The molecule has 1 aliphatic heterocycles. The van der Waals surface area contributed by atoms with Crippen molar-refractivity contribution in [2.24, 2.45) is 0 Å². The standard InChI is InChI=1S/C23H24N2O5S/c1-4-29-22(27)19-14(2)24-23(31)25-20(19)16-9-11-18(12-10-16)30-13-15-5-7-17(8-6-15)21(26)28-3/h5-12,20H,4,13H2,1-3H3,(H2,24,25,31)/t20-/m0/s1. The fourth-order valence-electron chi connectivity index (χ4n) is 3.20. The Morgan fingerprint density at radius 2 is 1.71 bits per heavy atom. The van der Waals surface area contributed by atoms with Crippen molar-refractivity contribution in [1.29, 1.82) is 0 Å². The number of esters is 2.